The average Bonchev–Trinajstić information content (AvgIpc) is 2.64. The van der Waals surface area contributed by atoms with Crippen molar-refractivity contribution in [1.29, 1.82) is 0 Å². The summed E-state index contributed by atoms with van der Waals surface area (Å²) in [5, 5.41) is 8.42. The molecule has 0 saturated carbocycles. The highest BCUT2D eigenvalue weighted by molar-refractivity contribution is 6.00. The van der Waals surface area contributed by atoms with Gasteiger partial charge in [0.1, 0.15) is 0 Å². The monoisotopic (exact) mass is 372 g/mol. The van der Waals surface area contributed by atoms with Crippen molar-refractivity contribution in [3.63, 3.8) is 0 Å². The van der Waals surface area contributed by atoms with Gasteiger partial charge in [-0.25, -0.2) is 4.79 Å². The van der Waals surface area contributed by atoms with E-state index < -0.39 is 18.3 Å². The second-order valence-electron chi connectivity index (χ2n) is 6.27. The number of nitrogens with zero attached hydrogens (tertiary/aromatic N) is 2. The zero-order valence-corrected chi connectivity index (χ0v) is 15.3. The van der Waals surface area contributed by atoms with Gasteiger partial charge in [0.2, 0.25) is 0 Å². The Morgan fingerprint density at radius 1 is 1.15 bits per heavy atom. The zero-order chi connectivity index (χ0) is 19.9. The first-order chi connectivity index (χ1) is 12.8. The number of hydrogen-bond donors (Lipinski definition) is 1. The molecule has 0 heterocycles. The van der Waals surface area contributed by atoms with Crippen LogP contribution in [0.15, 0.2) is 58.5 Å². The van der Waals surface area contributed by atoms with Gasteiger partial charge in [0.15, 0.2) is 0 Å². The second-order valence-corrected chi connectivity index (χ2v) is 6.27. The van der Waals surface area contributed by atoms with E-state index in [-0.39, 0.29) is 12.8 Å². The molecule has 142 valence electrons. The zero-order valence-electron chi connectivity index (χ0n) is 15.3. The van der Waals surface area contributed by atoms with E-state index in [4.69, 9.17) is 5.11 Å². The van der Waals surface area contributed by atoms with Gasteiger partial charge in [0, 0.05) is 18.3 Å². The number of aryl methyl sites for hydroxylation is 1. The molecule has 0 bridgehead atoms. The maximum Gasteiger partial charge on any atom is 0.374 e. The third-order valence-electron chi connectivity index (χ3n) is 3.98. The maximum atomic E-state index is 13.1. The number of hydrogen-bond acceptors (Lipinski definition) is 3. The Bertz CT molecular complexity index is 847. The fraction of sp³-hybridized carbons (Fsp3) is 0.286. The van der Waals surface area contributed by atoms with Crippen molar-refractivity contribution in [3.05, 3.63) is 59.7 Å². The highest BCUT2D eigenvalue weighted by Crippen LogP contribution is 2.30. The normalized spacial score (nSPS) is 12.5. The maximum absolute atomic E-state index is 13.1. The molecule has 0 radical (unpaired) electrons. The number of unbranched alkanes of at least 4 members (excludes halogenated alkanes) is 1. The molecule has 4 nitrogen and oxygen atoms in total. The molecule has 0 amide bonds. The molecule has 2 aromatic rings. The molecule has 0 fully saturated rings. The fourth-order valence-corrected chi connectivity index (χ4v) is 2.44. The Balaban J connectivity index is 2.11. The van der Waals surface area contributed by atoms with Crippen molar-refractivity contribution in [3.8, 4) is 0 Å². The van der Waals surface area contributed by atoms with E-state index in [0.717, 1.165) is 16.8 Å². The summed E-state index contributed by atoms with van der Waals surface area (Å²) in [6.07, 6.45) is 1.12. The lowest BCUT2D eigenvalue weighted by molar-refractivity contribution is -0.165. The van der Waals surface area contributed by atoms with Crippen LogP contribution in [0.25, 0.3) is 0 Å². The summed E-state index contributed by atoms with van der Waals surface area (Å²) < 4.78 is 26.1. The van der Waals surface area contributed by atoms with Gasteiger partial charge in [0.25, 0.3) is 0 Å². The van der Waals surface area contributed by atoms with Crippen molar-refractivity contribution in [2.75, 3.05) is 0 Å². The van der Waals surface area contributed by atoms with Gasteiger partial charge in [0.05, 0.1) is 11.4 Å². The van der Waals surface area contributed by atoms with Gasteiger partial charge in [-0.15, -0.1) is 0 Å². The van der Waals surface area contributed by atoms with E-state index in [1.165, 1.54) is 6.21 Å². The Morgan fingerprint density at radius 2 is 1.85 bits per heavy atom. The van der Waals surface area contributed by atoms with Crippen molar-refractivity contribution in [2.24, 2.45) is 9.98 Å². The van der Waals surface area contributed by atoms with Crippen LogP contribution < -0.4 is 0 Å². The third-order valence-corrected chi connectivity index (χ3v) is 3.98. The van der Waals surface area contributed by atoms with E-state index >= 15 is 0 Å². The molecule has 0 atom stereocenters. The summed E-state index contributed by atoms with van der Waals surface area (Å²) in [7, 11) is 0. The van der Waals surface area contributed by atoms with E-state index in [9.17, 15) is 13.6 Å². The van der Waals surface area contributed by atoms with Crippen LogP contribution >= 0.6 is 0 Å². The molecule has 2 rings (SSSR count). The number of aliphatic imine (C=N–C) groups is 2. The Morgan fingerprint density at radius 3 is 2.52 bits per heavy atom. The summed E-state index contributed by atoms with van der Waals surface area (Å²) in [6.45, 7) is 3.85. The molecular weight excluding hydrogens is 350 g/mol. The van der Waals surface area contributed by atoms with Crippen LogP contribution in [0.5, 0.6) is 0 Å². The highest BCUT2D eigenvalue weighted by Gasteiger charge is 2.37. The lowest BCUT2D eigenvalue weighted by Gasteiger charge is -2.09. The van der Waals surface area contributed by atoms with Crippen LogP contribution in [0.4, 0.5) is 20.2 Å². The molecular formula is C21H22F2N2O2. The van der Waals surface area contributed by atoms with Crippen LogP contribution in [0.2, 0.25) is 0 Å². The minimum atomic E-state index is -3.70. The molecule has 0 aliphatic heterocycles. The summed E-state index contributed by atoms with van der Waals surface area (Å²) >= 11 is 0. The van der Waals surface area contributed by atoms with Gasteiger partial charge in [-0.3, -0.25) is 9.98 Å². The number of carbonyl (C=O) groups is 1. The number of benzene rings is 2. The molecule has 0 aliphatic carbocycles. The first kappa shape index (κ1) is 20.4. The molecule has 0 unspecified atom stereocenters. The molecule has 0 aliphatic rings. The number of carboxylic acids is 1. The number of aliphatic carboxylic acids is 1. The van der Waals surface area contributed by atoms with Crippen LogP contribution in [0.1, 0.15) is 37.3 Å². The number of alkyl halides is 2. The van der Waals surface area contributed by atoms with Crippen molar-refractivity contribution >= 4 is 29.3 Å². The summed E-state index contributed by atoms with van der Waals surface area (Å²) in [5.74, 6) is -5.79. The van der Waals surface area contributed by atoms with Crippen LogP contribution in [0, 0.1) is 6.92 Å². The summed E-state index contributed by atoms with van der Waals surface area (Å²) in [4.78, 5) is 19.4. The van der Waals surface area contributed by atoms with Gasteiger partial charge < -0.3 is 5.11 Å². The second kappa shape index (κ2) is 9.16. The Labute approximate surface area is 157 Å². The van der Waals surface area contributed by atoms with Gasteiger partial charge in [-0.1, -0.05) is 36.4 Å². The fourth-order valence-electron chi connectivity index (χ4n) is 2.44. The Kier molecular flexibility index (Phi) is 6.93. The molecule has 0 saturated heterocycles. The SMILES string of the molecule is CC(=Nc1ccc(C)cc1N=CCCCC(F)(F)C(=O)O)c1ccccc1. The smallest absolute Gasteiger partial charge is 0.374 e. The molecule has 0 aromatic heterocycles. The minimum absolute atomic E-state index is 0.0380. The topological polar surface area (TPSA) is 62.0 Å². The van der Waals surface area contributed by atoms with Crippen molar-refractivity contribution < 1.29 is 18.7 Å². The van der Waals surface area contributed by atoms with E-state index in [1.807, 2.05) is 62.4 Å². The first-order valence-corrected chi connectivity index (χ1v) is 8.65. The van der Waals surface area contributed by atoms with Crippen molar-refractivity contribution in [1.82, 2.24) is 0 Å². The predicted octanol–water partition coefficient (Wildman–Crippen LogP) is 5.73. The van der Waals surface area contributed by atoms with Gasteiger partial charge in [-0.2, -0.15) is 8.78 Å². The van der Waals surface area contributed by atoms with Gasteiger partial charge in [-0.05, 0) is 49.9 Å². The molecule has 0 spiro atoms. The average molecular weight is 372 g/mol. The van der Waals surface area contributed by atoms with Gasteiger partial charge >= 0.3 is 11.9 Å². The summed E-state index contributed by atoms with van der Waals surface area (Å²) in [6, 6.07) is 15.4. The number of halogens is 2. The number of carboxylic acid groups (broad SMARTS) is 1. The van der Waals surface area contributed by atoms with Crippen LogP contribution in [0.3, 0.4) is 0 Å². The van der Waals surface area contributed by atoms with E-state index in [0.29, 0.717) is 11.4 Å². The lowest BCUT2D eigenvalue weighted by Crippen LogP contribution is -2.27. The van der Waals surface area contributed by atoms with E-state index in [1.54, 1.807) is 0 Å². The Hall–Kier alpha value is -2.89. The third kappa shape index (κ3) is 6.09. The standard InChI is InChI=1S/C21H22F2N2O2/c1-15-10-11-18(25-16(2)17-8-4-3-5-9-17)19(14-15)24-13-7-6-12-21(22,23)20(26)27/h3-5,8-11,13-14H,6-7,12H2,1-2H3,(H,26,27). The predicted molar refractivity (Wildman–Crippen MR) is 104 cm³/mol. The lowest BCUT2D eigenvalue weighted by atomic mass is 10.1. The quantitative estimate of drug-likeness (QED) is 0.475. The largest absolute Gasteiger partial charge is 0.477 e. The summed E-state index contributed by atoms with van der Waals surface area (Å²) in [5.41, 5.74) is 4.20. The number of rotatable bonds is 8. The molecule has 27 heavy (non-hydrogen) atoms. The van der Waals surface area contributed by atoms with Crippen LogP contribution in [-0.4, -0.2) is 28.9 Å². The highest BCUT2D eigenvalue weighted by atomic mass is 19.3. The van der Waals surface area contributed by atoms with Crippen molar-refractivity contribution in [2.45, 2.75) is 39.0 Å². The molecule has 1 N–H and O–H groups in total. The van der Waals surface area contributed by atoms with Crippen LogP contribution in [-0.2, 0) is 4.79 Å². The first-order valence-electron chi connectivity index (χ1n) is 8.65. The molecule has 6 heteroatoms. The van der Waals surface area contributed by atoms with E-state index in [2.05, 4.69) is 9.98 Å². The minimum Gasteiger partial charge on any atom is -0.477 e. The molecule has 2 aromatic carbocycles.